The number of rotatable bonds is 3. The minimum absolute atomic E-state index is 0.0173. The Hall–Kier alpha value is -0.850. The normalized spacial score (nSPS) is 31.7. The van der Waals surface area contributed by atoms with Gasteiger partial charge in [-0.3, -0.25) is 4.79 Å². The molecule has 0 N–H and O–H groups in total. The van der Waals surface area contributed by atoms with Crippen LogP contribution < -0.4 is 0 Å². The smallest absolute Gasteiger partial charge is 0.143 e. The van der Waals surface area contributed by atoms with Crippen molar-refractivity contribution < 1.29 is 4.79 Å². The molecule has 0 radical (unpaired) electrons. The zero-order valence-corrected chi connectivity index (χ0v) is 10.1. The second-order valence-corrected chi connectivity index (χ2v) is 5.05. The van der Waals surface area contributed by atoms with Crippen LogP contribution >= 0.6 is 0 Å². The quantitative estimate of drug-likeness (QED) is 0.645. The van der Waals surface area contributed by atoms with Crippen LogP contribution in [0.3, 0.4) is 0 Å². The molecule has 0 bridgehead atoms. The number of Topliss-reactive ketones (excluding diaryl/α,β-unsaturated/α-hetero) is 1. The molecule has 1 fully saturated rings. The van der Waals surface area contributed by atoms with Crippen molar-refractivity contribution in [1.29, 1.82) is 0 Å². The van der Waals surface area contributed by atoms with E-state index in [2.05, 4.69) is 27.0 Å². The van der Waals surface area contributed by atoms with Gasteiger partial charge in [-0.2, -0.15) is 0 Å². The van der Waals surface area contributed by atoms with Crippen LogP contribution in [0.25, 0.3) is 0 Å². The average Bonchev–Trinajstić information content (AvgIpc) is 2.15. The average molecular weight is 206 g/mol. The first-order valence-electron chi connectivity index (χ1n) is 5.80. The third-order valence-corrected chi connectivity index (χ3v) is 3.55. The van der Waals surface area contributed by atoms with Gasteiger partial charge in [0.2, 0.25) is 0 Å². The maximum Gasteiger partial charge on any atom is 0.143 e. The molecule has 0 aromatic carbocycles. The van der Waals surface area contributed by atoms with Gasteiger partial charge in [0, 0.05) is 11.8 Å². The van der Waals surface area contributed by atoms with E-state index in [1.807, 2.05) is 13.0 Å². The Morgan fingerprint density at radius 2 is 2.07 bits per heavy atom. The lowest BCUT2D eigenvalue weighted by atomic mass is 9.67. The summed E-state index contributed by atoms with van der Waals surface area (Å²) < 4.78 is 0. The molecule has 1 saturated carbocycles. The fraction of sp³-hybridized carbons (Fsp3) is 0.643. The summed E-state index contributed by atoms with van der Waals surface area (Å²) in [7, 11) is 0. The molecule has 0 aromatic heterocycles. The topological polar surface area (TPSA) is 17.1 Å². The van der Waals surface area contributed by atoms with Crippen molar-refractivity contribution in [3.8, 4) is 0 Å². The van der Waals surface area contributed by atoms with Crippen molar-refractivity contribution in [2.24, 2.45) is 23.7 Å². The monoisotopic (exact) mass is 206 g/mol. The first kappa shape index (κ1) is 12.2. The largest absolute Gasteiger partial charge is 0.299 e. The second-order valence-electron chi connectivity index (χ2n) is 5.05. The highest BCUT2D eigenvalue weighted by Crippen LogP contribution is 2.38. The van der Waals surface area contributed by atoms with Gasteiger partial charge in [-0.25, -0.2) is 0 Å². The molecular weight excluding hydrogens is 184 g/mol. The lowest BCUT2D eigenvalue weighted by molar-refractivity contribution is -0.130. The summed E-state index contributed by atoms with van der Waals surface area (Å²) in [4.78, 5) is 12.3. The lowest BCUT2D eigenvalue weighted by Gasteiger charge is -2.35. The van der Waals surface area contributed by atoms with E-state index in [0.29, 0.717) is 17.6 Å². The Bertz CT molecular complexity index is 275. The van der Waals surface area contributed by atoms with Crippen LogP contribution in [0.2, 0.25) is 0 Å². The Balaban J connectivity index is 2.90. The molecule has 1 aliphatic rings. The van der Waals surface area contributed by atoms with Gasteiger partial charge in [0.05, 0.1) is 0 Å². The molecule has 0 spiro atoms. The molecule has 0 aliphatic heterocycles. The molecular formula is C14H22O. The van der Waals surface area contributed by atoms with Gasteiger partial charge in [-0.15, -0.1) is 6.58 Å². The molecule has 0 unspecified atom stereocenters. The number of allylic oxidation sites excluding steroid dienone is 2. The summed E-state index contributed by atoms with van der Waals surface area (Å²) in [6, 6.07) is 0. The number of ketones is 1. The van der Waals surface area contributed by atoms with Crippen molar-refractivity contribution in [3.05, 3.63) is 24.8 Å². The van der Waals surface area contributed by atoms with Crippen molar-refractivity contribution in [3.63, 3.8) is 0 Å². The highest BCUT2D eigenvalue weighted by atomic mass is 16.1. The fourth-order valence-corrected chi connectivity index (χ4v) is 2.65. The van der Waals surface area contributed by atoms with Gasteiger partial charge in [-0.05, 0) is 31.6 Å². The van der Waals surface area contributed by atoms with Gasteiger partial charge in [-0.1, -0.05) is 32.1 Å². The molecule has 0 heterocycles. The Morgan fingerprint density at radius 1 is 1.47 bits per heavy atom. The molecule has 0 amide bonds. The predicted octanol–water partition coefficient (Wildman–Crippen LogP) is 3.62. The lowest BCUT2D eigenvalue weighted by Crippen LogP contribution is -2.37. The van der Waals surface area contributed by atoms with E-state index >= 15 is 0 Å². The zero-order chi connectivity index (χ0) is 11.6. The van der Waals surface area contributed by atoms with Crippen LogP contribution in [0.5, 0.6) is 0 Å². The third-order valence-electron chi connectivity index (χ3n) is 3.55. The first-order valence-corrected chi connectivity index (χ1v) is 5.80. The highest BCUT2D eigenvalue weighted by molar-refractivity contribution is 5.87. The summed E-state index contributed by atoms with van der Waals surface area (Å²) in [5.41, 5.74) is 0.996. The summed E-state index contributed by atoms with van der Waals surface area (Å²) in [6.07, 6.45) is 4.01. The predicted molar refractivity (Wildman–Crippen MR) is 64.6 cm³/mol. The van der Waals surface area contributed by atoms with Crippen LogP contribution in [0.1, 0.15) is 33.6 Å². The summed E-state index contributed by atoms with van der Waals surface area (Å²) in [5, 5.41) is 0. The molecule has 1 heteroatoms. The Labute approximate surface area is 93.3 Å². The molecule has 1 rings (SSSR count). The molecule has 15 heavy (non-hydrogen) atoms. The van der Waals surface area contributed by atoms with E-state index < -0.39 is 0 Å². The molecule has 0 aromatic rings. The van der Waals surface area contributed by atoms with Crippen molar-refractivity contribution >= 4 is 5.78 Å². The first-order chi connectivity index (χ1) is 6.99. The van der Waals surface area contributed by atoms with E-state index in [1.165, 1.54) is 0 Å². The Kier molecular flexibility index (Phi) is 3.90. The maximum absolute atomic E-state index is 12.3. The summed E-state index contributed by atoms with van der Waals surface area (Å²) >= 11 is 0. The molecule has 3 atom stereocenters. The van der Waals surface area contributed by atoms with E-state index in [-0.39, 0.29) is 11.8 Å². The van der Waals surface area contributed by atoms with E-state index in [0.717, 1.165) is 18.4 Å². The standard InChI is InChI=1S/C14H22O/c1-6-11-7-8-12(9(2)3)14(15)13(11)10(4)5/h6,9,11-13H,1,4,7-8H2,2-3,5H3/t11-,12+,13+/m1/s1. The van der Waals surface area contributed by atoms with Gasteiger partial charge in [0.15, 0.2) is 0 Å². The van der Waals surface area contributed by atoms with Crippen LogP contribution in [-0.2, 0) is 4.79 Å². The van der Waals surface area contributed by atoms with Crippen molar-refractivity contribution in [1.82, 2.24) is 0 Å². The molecule has 1 aliphatic carbocycles. The summed E-state index contributed by atoms with van der Waals surface area (Å²) in [5.74, 6) is 1.38. The molecule has 84 valence electrons. The van der Waals surface area contributed by atoms with Gasteiger partial charge >= 0.3 is 0 Å². The van der Waals surface area contributed by atoms with Gasteiger partial charge in [0.1, 0.15) is 5.78 Å². The summed E-state index contributed by atoms with van der Waals surface area (Å²) in [6.45, 7) is 14.0. The van der Waals surface area contributed by atoms with Gasteiger partial charge < -0.3 is 0 Å². The van der Waals surface area contributed by atoms with Gasteiger partial charge in [0.25, 0.3) is 0 Å². The van der Waals surface area contributed by atoms with E-state index in [9.17, 15) is 4.79 Å². The number of carbonyl (C=O) groups excluding carboxylic acids is 1. The Morgan fingerprint density at radius 3 is 2.47 bits per heavy atom. The minimum atomic E-state index is 0.0173. The SMILES string of the molecule is C=C[C@@H]1CC[C@@H](C(C)C)C(=O)[C@H]1C(=C)C. The molecule has 0 saturated heterocycles. The van der Waals surface area contributed by atoms with Crippen molar-refractivity contribution in [2.75, 3.05) is 0 Å². The fourth-order valence-electron chi connectivity index (χ4n) is 2.65. The minimum Gasteiger partial charge on any atom is -0.299 e. The third kappa shape index (κ3) is 2.39. The second kappa shape index (κ2) is 4.78. The van der Waals surface area contributed by atoms with E-state index in [1.54, 1.807) is 0 Å². The van der Waals surface area contributed by atoms with Crippen LogP contribution in [0.15, 0.2) is 24.8 Å². The molecule has 1 nitrogen and oxygen atoms in total. The highest BCUT2D eigenvalue weighted by Gasteiger charge is 2.38. The van der Waals surface area contributed by atoms with Crippen molar-refractivity contribution in [2.45, 2.75) is 33.6 Å². The maximum atomic E-state index is 12.3. The van der Waals surface area contributed by atoms with E-state index in [4.69, 9.17) is 0 Å². The van der Waals surface area contributed by atoms with Crippen LogP contribution in [0, 0.1) is 23.7 Å². The number of hydrogen-bond donors (Lipinski definition) is 0. The van der Waals surface area contributed by atoms with Crippen LogP contribution in [0.4, 0.5) is 0 Å². The number of carbonyl (C=O) groups is 1. The van der Waals surface area contributed by atoms with Crippen LogP contribution in [-0.4, -0.2) is 5.78 Å². The number of hydrogen-bond acceptors (Lipinski definition) is 1. The zero-order valence-electron chi connectivity index (χ0n) is 10.1.